The van der Waals surface area contributed by atoms with Crippen molar-refractivity contribution in [3.05, 3.63) is 28.8 Å². The summed E-state index contributed by atoms with van der Waals surface area (Å²) in [6, 6.07) is 5.71. The third-order valence-corrected chi connectivity index (χ3v) is 3.57. The average molecular weight is 339 g/mol. The minimum absolute atomic E-state index is 0.310. The van der Waals surface area contributed by atoms with E-state index in [1.165, 1.54) is 5.06 Å². The first-order valence-corrected chi connectivity index (χ1v) is 7.90. The van der Waals surface area contributed by atoms with Gasteiger partial charge in [-0.25, -0.2) is 4.99 Å². The van der Waals surface area contributed by atoms with Gasteiger partial charge in [0.1, 0.15) is 11.6 Å². The molecule has 0 saturated heterocycles. The van der Waals surface area contributed by atoms with Crippen molar-refractivity contribution in [1.29, 1.82) is 0 Å². The lowest BCUT2D eigenvalue weighted by Gasteiger charge is -2.37. The van der Waals surface area contributed by atoms with E-state index in [2.05, 4.69) is 9.98 Å². The van der Waals surface area contributed by atoms with Crippen molar-refractivity contribution in [2.75, 3.05) is 13.2 Å². The monoisotopic (exact) mass is 338 g/mol. The van der Waals surface area contributed by atoms with E-state index < -0.39 is 5.66 Å². The molecule has 0 bridgehead atoms. The van der Waals surface area contributed by atoms with Crippen molar-refractivity contribution in [2.24, 2.45) is 15.7 Å². The molecule has 2 rings (SSSR count). The third kappa shape index (κ3) is 4.59. The fraction of sp³-hybridized carbons (Fsp3) is 0.500. The van der Waals surface area contributed by atoms with Crippen LogP contribution in [-0.2, 0) is 4.84 Å². The molecule has 0 fully saturated rings. The van der Waals surface area contributed by atoms with E-state index in [1.807, 2.05) is 45.9 Å². The van der Waals surface area contributed by atoms with Gasteiger partial charge in [-0.15, -0.1) is 0 Å². The van der Waals surface area contributed by atoms with E-state index in [9.17, 15) is 0 Å². The number of guanidine groups is 1. The molecule has 7 heteroatoms. The quantitative estimate of drug-likeness (QED) is 0.809. The molecule has 1 aromatic carbocycles. The molecular formula is C16H23ClN4O2. The summed E-state index contributed by atoms with van der Waals surface area (Å²) in [7, 11) is 0. The average Bonchev–Trinajstić information content (AvgIpc) is 2.42. The molecule has 0 spiro atoms. The summed E-state index contributed by atoms with van der Waals surface area (Å²) in [5.41, 5.74) is 6.43. The summed E-state index contributed by atoms with van der Waals surface area (Å²) in [6.07, 6.45) is 0.687. The van der Waals surface area contributed by atoms with E-state index in [0.29, 0.717) is 42.2 Å². The van der Waals surface area contributed by atoms with Crippen LogP contribution in [0.15, 0.2) is 28.2 Å². The molecule has 6 nitrogen and oxygen atoms in total. The van der Waals surface area contributed by atoms with Crippen LogP contribution in [0.3, 0.4) is 0 Å². The number of halogens is 1. The van der Waals surface area contributed by atoms with Gasteiger partial charge in [0.25, 0.3) is 0 Å². The standard InChI is InChI=1S/C16H23ClN4O2/c1-11-6-7-14(13(17)10-11)22-8-5-9-23-21-15(18)19-12(2)20-16(21,3)4/h6-7,10H,5,8-9H2,1-4H3,(H2,18,19,20). The van der Waals surface area contributed by atoms with Gasteiger partial charge in [-0.1, -0.05) is 17.7 Å². The van der Waals surface area contributed by atoms with Crippen molar-refractivity contribution in [2.45, 2.75) is 39.8 Å². The first-order valence-electron chi connectivity index (χ1n) is 7.52. The summed E-state index contributed by atoms with van der Waals surface area (Å²) in [4.78, 5) is 14.2. The Balaban J connectivity index is 1.78. The number of aliphatic imine (C=N–C) groups is 2. The largest absolute Gasteiger partial charge is 0.492 e. The predicted molar refractivity (Wildman–Crippen MR) is 92.9 cm³/mol. The lowest BCUT2D eigenvalue weighted by Crippen LogP contribution is -2.52. The van der Waals surface area contributed by atoms with Gasteiger partial charge in [-0.05, 0) is 45.4 Å². The number of hydroxylamine groups is 2. The van der Waals surface area contributed by atoms with E-state index in [4.69, 9.17) is 26.9 Å². The zero-order valence-electron chi connectivity index (χ0n) is 14.0. The van der Waals surface area contributed by atoms with Crippen LogP contribution in [0.5, 0.6) is 5.75 Å². The van der Waals surface area contributed by atoms with Gasteiger partial charge < -0.3 is 10.5 Å². The van der Waals surface area contributed by atoms with Gasteiger partial charge >= 0.3 is 0 Å². The Bertz CT molecular complexity index is 629. The Labute approximate surface area is 141 Å². The van der Waals surface area contributed by atoms with Crippen molar-refractivity contribution in [3.8, 4) is 5.75 Å². The summed E-state index contributed by atoms with van der Waals surface area (Å²) in [5.74, 6) is 1.63. The van der Waals surface area contributed by atoms with Crippen LogP contribution in [0.2, 0.25) is 5.02 Å². The Kier molecular flexibility index (Phi) is 5.49. The highest BCUT2D eigenvalue weighted by molar-refractivity contribution is 6.32. The van der Waals surface area contributed by atoms with Crippen molar-refractivity contribution in [1.82, 2.24) is 5.06 Å². The Morgan fingerprint density at radius 2 is 2.00 bits per heavy atom. The molecule has 0 atom stereocenters. The molecule has 1 aromatic rings. The number of rotatable bonds is 6. The molecule has 0 radical (unpaired) electrons. The molecule has 1 aliphatic heterocycles. The van der Waals surface area contributed by atoms with Gasteiger partial charge in [0.05, 0.1) is 18.2 Å². The topological polar surface area (TPSA) is 72.4 Å². The summed E-state index contributed by atoms with van der Waals surface area (Å²) in [6.45, 7) is 8.57. The highest BCUT2D eigenvalue weighted by Crippen LogP contribution is 2.25. The van der Waals surface area contributed by atoms with Crippen molar-refractivity contribution < 1.29 is 9.57 Å². The highest BCUT2D eigenvalue weighted by atomic mass is 35.5. The molecular weight excluding hydrogens is 316 g/mol. The lowest BCUT2D eigenvalue weighted by molar-refractivity contribution is -0.158. The fourth-order valence-electron chi connectivity index (χ4n) is 2.30. The van der Waals surface area contributed by atoms with Crippen LogP contribution < -0.4 is 10.5 Å². The second-order valence-corrected chi connectivity index (χ2v) is 6.29. The van der Waals surface area contributed by atoms with Gasteiger partial charge in [-0.3, -0.25) is 4.84 Å². The molecule has 0 unspecified atom stereocenters. The zero-order valence-corrected chi connectivity index (χ0v) is 14.7. The second-order valence-electron chi connectivity index (χ2n) is 5.89. The fourth-order valence-corrected chi connectivity index (χ4v) is 2.59. The first-order chi connectivity index (χ1) is 10.8. The molecule has 2 N–H and O–H groups in total. The number of ether oxygens (including phenoxy) is 1. The summed E-state index contributed by atoms with van der Waals surface area (Å²) < 4.78 is 5.66. The number of hydrogen-bond acceptors (Lipinski definition) is 6. The second kappa shape index (κ2) is 7.19. The molecule has 1 heterocycles. The van der Waals surface area contributed by atoms with Crippen LogP contribution in [0.25, 0.3) is 0 Å². The maximum absolute atomic E-state index is 6.12. The van der Waals surface area contributed by atoms with Crippen molar-refractivity contribution >= 4 is 23.4 Å². The molecule has 23 heavy (non-hydrogen) atoms. The number of nitrogens with zero attached hydrogens (tertiary/aromatic N) is 3. The van der Waals surface area contributed by atoms with E-state index >= 15 is 0 Å². The lowest BCUT2D eigenvalue weighted by atomic mass is 10.2. The number of nitrogens with two attached hydrogens (primary N) is 1. The van der Waals surface area contributed by atoms with E-state index in [1.54, 1.807) is 0 Å². The number of hydrogen-bond donors (Lipinski definition) is 1. The van der Waals surface area contributed by atoms with E-state index in [-0.39, 0.29) is 0 Å². The van der Waals surface area contributed by atoms with Crippen LogP contribution in [0, 0.1) is 6.92 Å². The van der Waals surface area contributed by atoms with Crippen LogP contribution in [0.1, 0.15) is 32.8 Å². The van der Waals surface area contributed by atoms with Crippen LogP contribution >= 0.6 is 11.6 Å². The summed E-state index contributed by atoms with van der Waals surface area (Å²) >= 11 is 6.12. The Morgan fingerprint density at radius 3 is 2.65 bits per heavy atom. The summed E-state index contributed by atoms with van der Waals surface area (Å²) in [5, 5.41) is 2.14. The van der Waals surface area contributed by atoms with Gasteiger partial charge in [0.15, 0.2) is 5.66 Å². The smallest absolute Gasteiger partial charge is 0.224 e. The third-order valence-electron chi connectivity index (χ3n) is 3.27. The van der Waals surface area contributed by atoms with E-state index in [0.717, 1.165) is 5.56 Å². The van der Waals surface area contributed by atoms with Gasteiger partial charge in [-0.2, -0.15) is 10.1 Å². The molecule has 0 aliphatic carbocycles. The first kappa shape index (κ1) is 17.6. The minimum atomic E-state index is -0.572. The van der Waals surface area contributed by atoms with Crippen LogP contribution in [-0.4, -0.2) is 35.7 Å². The minimum Gasteiger partial charge on any atom is -0.492 e. The number of aryl methyl sites for hydroxylation is 1. The van der Waals surface area contributed by atoms with Crippen molar-refractivity contribution in [3.63, 3.8) is 0 Å². The molecule has 0 amide bonds. The molecule has 1 aliphatic rings. The Morgan fingerprint density at radius 1 is 1.26 bits per heavy atom. The SMILES string of the molecule is CC1=NC(C)(C)N(OCCCOc2ccc(C)cc2Cl)C(N)=N1. The zero-order chi connectivity index (χ0) is 17.0. The number of amidine groups is 1. The van der Waals surface area contributed by atoms with Gasteiger partial charge in [0, 0.05) is 6.42 Å². The maximum atomic E-state index is 6.12. The number of benzene rings is 1. The molecule has 126 valence electrons. The Hall–Kier alpha value is -1.79. The molecule has 0 aromatic heterocycles. The predicted octanol–water partition coefficient (Wildman–Crippen LogP) is 3.13. The highest BCUT2D eigenvalue weighted by Gasteiger charge is 2.32. The maximum Gasteiger partial charge on any atom is 0.224 e. The molecule has 0 saturated carbocycles. The van der Waals surface area contributed by atoms with Crippen LogP contribution in [0.4, 0.5) is 0 Å². The normalized spacial score (nSPS) is 16.8. The van der Waals surface area contributed by atoms with Gasteiger partial charge in [0.2, 0.25) is 5.96 Å².